The number of amides is 2. The Labute approximate surface area is 164 Å². The van der Waals surface area contributed by atoms with Crippen molar-refractivity contribution < 1.29 is 18.4 Å². The maximum atomic E-state index is 14.0. The van der Waals surface area contributed by atoms with Gasteiger partial charge in [-0.05, 0) is 57.0 Å². The lowest BCUT2D eigenvalue weighted by molar-refractivity contribution is -0.140. The van der Waals surface area contributed by atoms with E-state index in [0.29, 0.717) is 5.56 Å². The van der Waals surface area contributed by atoms with Gasteiger partial charge in [0.1, 0.15) is 17.7 Å². The summed E-state index contributed by atoms with van der Waals surface area (Å²) in [7, 11) is 0. The molecule has 1 N–H and O–H groups in total. The first-order valence-electron chi connectivity index (χ1n) is 9.16. The molecule has 0 unspecified atom stereocenters. The molecule has 0 fully saturated rings. The Balaban J connectivity index is 2.26. The van der Waals surface area contributed by atoms with Crippen molar-refractivity contribution in [1.29, 1.82) is 0 Å². The number of nitrogens with one attached hydrogen (secondary N) is 1. The zero-order chi connectivity index (χ0) is 20.9. The van der Waals surface area contributed by atoms with E-state index in [9.17, 15) is 18.4 Å². The molecule has 0 radical (unpaired) electrons. The molecule has 150 valence electrons. The monoisotopic (exact) mass is 388 g/mol. The highest BCUT2D eigenvalue weighted by Gasteiger charge is 2.28. The SMILES string of the molecule is C[C@H](C(=O)NC(C)(C)C)N(Cc1ccc(F)cc1)C(=O)Cc1ccccc1F. The molecule has 0 aliphatic rings. The van der Waals surface area contributed by atoms with Crippen molar-refractivity contribution in [2.45, 2.75) is 52.2 Å². The van der Waals surface area contributed by atoms with E-state index in [4.69, 9.17) is 0 Å². The van der Waals surface area contributed by atoms with E-state index >= 15 is 0 Å². The molecular weight excluding hydrogens is 362 g/mol. The van der Waals surface area contributed by atoms with Gasteiger partial charge in [0.2, 0.25) is 11.8 Å². The van der Waals surface area contributed by atoms with Gasteiger partial charge < -0.3 is 10.2 Å². The number of carbonyl (C=O) groups excluding carboxylic acids is 2. The van der Waals surface area contributed by atoms with Gasteiger partial charge in [-0.25, -0.2) is 8.78 Å². The molecule has 6 heteroatoms. The van der Waals surface area contributed by atoms with E-state index in [-0.39, 0.29) is 36.2 Å². The lowest BCUT2D eigenvalue weighted by Crippen LogP contribution is -2.52. The number of halogens is 2. The summed E-state index contributed by atoms with van der Waals surface area (Å²) in [4.78, 5) is 27.0. The molecule has 0 saturated carbocycles. The topological polar surface area (TPSA) is 49.4 Å². The molecule has 0 aliphatic heterocycles. The first-order chi connectivity index (χ1) is 13.1. The van der Waals surface area contributed by atoms with Crippen molar-refractivity contribution in [2.75, 3.05) is 0 Å². The number of hydrogen-bond donors (Lipinski definition) is 1. The lowest BCUT2D eigenvalue weighted by Gasteiger charge is -2.31. The summed E-state index contributed by atoms with van der Waals surface area (Å²) in [6.07, 6.45) is -0.166. The number of nitrogens with zero attached hydrogens (tertiary/aromatic N) is 1. The van der Waals surface area contributed by atoms with Crippen molar-refractivity contribution >= 4 is 11.8 Å². The van der Waals surface area contributed by atoms with Gasteiger partial charge in [-0.1, -0.05) is 30.3 Å². The summed E-state index contributed by atoms with van der Waals surface area (Å²) in [5.41, 5.74) is 0.486. The maximum Gasteiger partial charge on any atom is 0.242 e. The van der Waals surface area contributed by atoms with Crippen LogP contribution in [-0.2, 0) is 22.6 Å². The number of rotatable bonds is 6. The predicted octanol–water partition coefficient (Wildman–Crippen LogP) is 3.84. The van der Waals surface area contributed by atoms with Crippen LogP contribution in [0, 0.1) is 11.6 Å². The molecule has 0 aliphatic carbocycles. The second-order valence-electron chi connectivity index (χ2n) is 7.83. The summed E-state index contributed by atoms with van der Waals surface area (Å²) < 4.78 is 27.2. The summed E-state index contributed by atoms with van der Waals surface area (Å²) in [5, 5.41) is 2.86. The van der Waals surface area contributed by atoms with Crippen LogP contribution >= 0.6 is 0 Å². The average molecular weight is 388 g/mol. The van der Waals surface area contributed by atoms with Gasteiger partial charge in [-0.3, -0.25) is 9.59 Å². The third-order valence-corrected chi connectivity index (χ3v) is 4.23. The van der Waals surface area contributed by atoms with Crippen LogP contribution in [0.5, 0.6) is 0 Å². The molecule has 2 aromatic carbocycles. The standard InChI is InChI=1S/C22H26F2N2O2/c1-15(21(28)25-22(2,3)4)26(14-16-9-11-18(23)12-10-16)20(27)13-17-7-5-6-8-19(17)24/h5-12,15H,13-14H2,1-4H3,(H,25,28)/t15-/m1/s1. The first-order valence-corrected chi connectivity index (χ1v) is 9.16. The minimum Gasteiger partial charge on any atom is -0.350 e. The molecule has 1 atom stereocenters. The van der Waals surface area contributed by atoms with Gasteiger partial charge in [0.05, 0.1) is 6.42 Å². The average Bonchev–Trinajstić information content (AvgIpc) is 2.61. The Kier molecular flexibility index (Phi) is 6.89. The fourth-order valence-electron chi connectivity index (χ4n) is 2.75. The fraction of sp³-hybridized carbons (Fsp3) is 0.364. The maximum absolute atomic E-state index is 14.0. The highest BCUT2D eigenvalue weighted by molar-refractivity contribution is 5.88. The number of hydrogen-bond acceptors (Lipinski definition) is 2. The van der Waals surface area contributed by atoms with E-state index < -0.39 is 17.4 Å². The quantitative estimate of drug-likeness (QED) is 0.817. The molecule has 0 saturated heterocycles. The van der Waals surface area contributed by atoms with Crippen LogP contribution < -0.4 is 5.32 Å². The summed E-state index contributed by atoms with van der Waals surface area (Å²) in [6, 6.07) is 11.0. The van der Waals surface area contributed by atoms with E-state index in [2.05, 4.69) is 5.32 Å². The Bertz CT molecular complexity index is 829. The molecule has 4 nitrogen and oxygen atoms in total. The van der Waals surface area contributed by atoms with E-state index in [1.54, 1.807) is 37.3 Å². The summed E-state index contributed by atoms with van der Waals surface area (Å²) in [6.45, 7) is 7.30. The smallest absolute Gasteiger partial charge is 0.242 e. The Morgan fingerprint density at radius 1 is 1.04 bits per heavy atom. The normalized spacial score (nSPS) is 12.4. The van der Waals surface area contributed by atoms with Gasteiger partial charge in [-0.2, -0.15) is 0 Å². The van der Waals surface area contributed by atoms with Crippen LogP contribution in [0.25, 0.3) is 0 Å². The molecule has 0 spiro atoms. The van der Waals surface area contributed by atoms with Crippen molar-refractivity contribution in [2.24, 2.45) is 0 Å². The molecule has 28 heavy (non-hydrogen) atoms. The van der Waals surface area contributed by atoms with E-state index in [0.717, 1.165) is 0 Å². The van der Waals surface area contributed by atoms with Crippen molar-refractivity contribution in [3.8, 4) is 0 Å². The second kappa shape index (κ2) is 8.95. The van der Waals surface area contributed by atoms with Gasteiger partial charge in [0.25, 0.3) is 0 Å². The Hall–Kier alpha value is -2.76. The van der Waals surface area contributed by atoms with E-state index in [1.807, 2.05) is 20.8 Å². The Morgan fingerprint density at radius 2 is 1.64 bits per heavy atom. The molecular formula is C22H26F2N2O2. The fourth-order valence-corrected chi connectivity index (χ4v) is 2.75. The molecule has 0 bridgehead atoms. The highest BCUT2D eigenvalue weighted by atomic mass is 19.1. The van der Waals surface area contributed by atoms with Crippen molar-refractivity contribution in [3.05, 3.63) is 71.3 Å². The van der Waals surface area contributed by atoms with Gasteiger partial charge in [0.15, 0.2) is 0 Å². The van der Waals surface area contributed by atoms with Crippen LogP contribution in [0.3, 0.4) is 0 Å². The van der Waals surface area contributed by atoms with E-state index in [1.165, 1.54) is 23.1 Å². The van der Waals surface area contributed by atoms with Gasteiger partial charge in [-0.15, -0.1) is 0 Å². The van der Waals surface area contributed by atoms with Crippen LogP contribution in [-0.4, -0.2) is 28.3 Å². The van der Waals surface area contributed by atoms with Crippen molar-refractivity contribution in [1.82, 2.24) is 10.2 Å². The van der Waals surface area contributed by atoms with Crippen LogP contribution in [0.2, 0.25) is 0 Å². The zero-order valence-electron chi connectivity index (χ0n) is 16.6. The predicted molar refractivity (Wildman–Crippen MR) is 104 cm³/mol. The number of benzene rings is 2. The zero-order valence-corrected chi connectivity index (χ0v) is 16.6. The molecule has 2 rings (SSSR count). The minimum absolute atomic E-state index is 0.117. The lowest BCUT2D eigenvalue weighted by atomic mass is 10.1. The van der Waals surface area contributed by atoms with Gasteiger partial charge in [0, 0.05) is 12.1 Å². The summed E-state index contributed by atoms with van der Waals surface area (Å²) in [5.74, 6) is -1.54. The first kappa shape index (κ1) is 21.5. The van der Waals surface area contributed by atoms with Crippen LogP contribution in [0.1, 0.15) is 38.8 Å². The number of carbonyl (C=O) groups is 2. The van der Waals surface area contributed by atoms with Crippen LogP contribution in [0.4, 0.5) is 8.78 Å². The molecule has 2 amide bonds. The third kappa shape index (κ3) is 6.15. The highest BCUT2D eigenvalue weighted by Crippen LogP contribution is 2.15. The second-order valence-corrected chi connectivity index (χ2v) is 7.83. The summed E-state index contributed by atoms with van der Waals surface area (Å²) >= 11 is 0. The minimum atomic E-state index is -0.774. The molecule has 0 heterocycles. The Morgan fingerprint density at radius 3 is 2.21 bits per heavy atom. The molecule has 0 aromatic heterocycles. The van der Waals surface area contributed by atoms with Crippen molar-refractivity contribution in [3.63, 3.8) is 0 Å². The van der Waals surface area contributed by atoms with Crippen LogP contribution in [0.15, 0.2) is 48.5 Å². The van der Waals surface area contributed by atoms with Gasteiger partial charge >= 0.3 is 0 Å². The third-order valence-electron chi connectivity index (χ3n) is 4.23. The largest absolute Gasteiger partial charge is 0.350 e. The molecule has 2 aromatic rings.